The highest BCUT2D eigenvalue weighted by Crippen LogP contribution is 2.14. The topological polar surface area (TPSA) is 47.6 Å². The van der Waals surface area contributed by atoms with Crippen molar-refractivity contribution in [1.29, 1.82) is 10.5 Å². The Morgan fingerprint density at radius 1 is 1.38 bits per heavy atom. The lowest BCUT2D eigenvalue weighted by molar-refractivity contribution is 0.0695. The maximum atomic E-state index is 11.6. The molecule has 0 aliphatic heterocycles. The van der Waals surface area contributed by atoms with Crippen molar-refractivity contribution in [3.63, 3.8) is 0 Å². The Balaban J connectivity index is 3.82. The summed E-state index contributed by atoms with van der Waals surface area (Å²) in [6.07, 6.45) is -1.02. The van der Waals surface area contributed by atoms with Crippen LogP contribution in [-0.4, -0.2) is 5.92 Å². The van der Waals surface area contributed by atoms with Gasteiger partial charge in [0.2, 0.25) is 0 Å². The van der Waals surface area contributed by atoms with Gasteiger partial charge in [-0.2, -0.15) is 19.3 Å². The minimum absolute atomic E-state index is 0.686. The van der Waals surface area contributed by atoms with E-state index in [0.29, 0.717) is 6.07 Å². The quantitative estimate of drug-likeness (QED) is 0.514. The zero-order valence-corrected chi connectivity index (χ0v) is 3.86. The summed E-state index contributed by atoms with van der Waals surface area (Å²) in [5.74, 6) is -3.46. The maximum Gasteiger partial charge on any atom is 0.344 e. The van der Waals surface area contributed by atoms with Crippen LogP contribution in [0, 0.1) is 22.7 Å². The van der Waals surface area contributed by atoms with Crippen LogP contribution in [0.4, 0.5) is 8.78 Å². The van der Waals surface area contributed by atoms with Crippen LogP contribution in [-0.2, 0) is 0 Å². The molecule has 0 radical (unpaired) electrons. The van der Waals surface area contributed by atoms with Crippen LogP contribution in [0.25, 0.3) is 0 Å². The van der Waals surface area contributed by atoms with Crippen molar-refractivity contribution in [3.8, 4) is 12.1 Å². The maximum absolute atomic E-state index is 11.6. The van der Waals surface area contributed by atoms with E-state index in [1.165, 1.54) is 6.07 Å². The fourth-order valence-electron chi connectivity index (χ4n) is 0.139. The molecule has 0 atom stereocenters. The van der Waals surface area contributed by atoms with Crippen LogP contribution < -0.4 is 0 Å². The second-order valence-electron chi connectivity index (χ2n) is 1.15. The van der Waals surface area contributed by atoms with Gasteiger partial charge in [-0.15, -0.1) is 0 Å². The summed E-state index contributed by atoms with van der Waals surface area (Å²) < 4.78 is 23.1. The fourth-order valence-corrected chi connectivity index (χ4v) is 0.139. The van der Waals surface area contributed by atoms with Crippen molar-refractivity contribution >= 4 is 0 Å². The Morgan fingerprint density at radius 3 is 2.00 bits per heavy atom. The highest BCUT2D eigenvalue weighted by atomic mass is 19.3. The number of alkyl halides is 2. The van der Waals surface area contributed by atoms with E-state index in [1.807, 2.05) is 0 Å². The Morgan fingerprint density at radius 2 is 1.88 bits per heavy atom. The third kappa shape index (κ3) is 2.09. The van der Waals surface area contributed by atoms with Gasteiger partial charge >= 0.3 is 5.92 Å². The minimum atomic E-state index is -3.46. The summed E-state index contributed by atoms with van der Waals surface area (Å²) >= 11 is 0. The van der Waals surface area contributed by atoms with Crippen LogP contribution in [0.5, 0.6) is 0 Å². The Kier molecular flexibility index (Phi) is 1.90. The molecule has 0 amide bonds. The van der Waals surface area contributed by atoms with Gasteiger partial charge in [0, 0.05) is 0 Å². The van der Waals surface area contributed by atoms with Crippen LogP contribution in [0.15, 0.2) is 0 Å². The molecule has 0 unspecified atom stereocenters. The normalized spacial score (nSPS) is 9.50. The SMILES string of the molecule is N#CCC(F)(F)C#N. The summed E-state index contributed by atoms with van der Waals surface area (Å²) in [5.41, 5.74) is 0. The first-order valence-electron chi connectivity index (χ1n) is 1.78. The van der Waals surface area contributed by atoms with Crippen molar-refractivity contribution in [1.82, 2.24) is 0 Å². The fraction of sp³-hybridized carbons (Fsp3) is 0.500. The van der Waals surface area contributed by atoms with Gasteiger partial charge in [-0.1, -0.05) is 0 Å². The first kappa shape index (κ1) is 6.84. The van der Waals surface area contributed by atoms with Gasteiger partial charge in [0.1, 0.15) is 12.5 Å². The van der Waals surface area contributed by atoms with E-state index in [1.54, 1.807) is 0 Å². The molecule has 0 heterocycles. The molecule has 4 heteroatoms. The van der Waals surface area contributed by atoms with E-state index in [0.717, 1.165) is 0 Å². The van der Waals surface area contributed by atoms with E-state index in [4.69, 9.17) is 10.5 Å². The molecular weight excluding hydrogens is 114 g/mol. The molecule has 0 aromatic carbocycles. The lowest BCUT2D eigenvalue weighted by Crippen LogP contribution is -2.09. The molecular formula is C4H2F2N2. The monoisotopic (exact) mass is 116 g/mol. The highest BCUT2D eigenvalue weighted by Gasteiger charge is 2.27. The first-order valence-corrected chi connectivity index (χ1v) is 1.78. The smallest absolute Gasteiger partial charge is 0.198 e. The van der Waals surface area contributed by atoms with Crippen LogP contribution in [0.3, 0.4) is 0 Å². The average molecular weight is 116 g/mol. The Labute approximate surface area is 45.0 Å². The molecule has 0 bridgehead atoms. The van der Waals surface area contributed by atoms with Crippen LogP contribution >= 0.6 is 0 Å². The van der Waals surface area contributed by atoms with Crippen molar-refractivity contribution in [3.05, 3.63) is 0 Å². The van der Waals surface area contributed by atoms with Crippen molar-refractivity contribution < 1.29 is 8.78 Å². The van der Waals surface area contributed by atoms with Gasteiger partial charge in [-0.25, -0.2) is 0 Å². The number of halogens is 2. The van der Waals surface area contributed by atoms with E-state index in [2.05, 4.69) is 0 Å². The Hall–Kier alpha value is -1.16. The Bertz CT molecular complexity index is 150. The molecule has 0 aromatic heterocycles. The molecule has 0 spiro atoms. The third-order valence-corrected chi connectivity index (χ3v) is 0.465. The van der Waals surface area contributed by atoms with Gasteiger partial charge in [-0.3, -0.25) is 0 Å². The van der Waals surface area contributed by atoms with Crippen molar-refractivity contribution in [2.45, 2.75) is 12.3 Å². The van der Waals surface area contributed by atoms with E-state index >= 15 is 0 Å². The zero-order chi connectivity index (χ0) is 6.62. The van der Waals surface area contributed by atoms with Gasteiger partial charge in [0.05, 0.1) is 6.07 Å². The molecule has 0 aromatic rings. The number of nitrogens with zero attached hydrogens (tertiary/aromatic N) is 2. The van der Waals surface area contributed by atoms with Gasteiger partial charge in [0.15, 0.2) is 0 Å². The first-order chi connectivity index (χ1) is 3.62. The number of rotatable bonds is 1. The standard InChI is InChI=1S/C4H2F2N2/c5-4(6,3-8)1-2-7/h1H2. The highest BCUT2D eigenvalue weighted by molar-refractivity contribution is 4.97. The molecule has 42 valence electrons. The summed E-state index contributed by atoms with van der Waals surface area (Å²) in [7, 11) is 0. The number of hydrogen-bond acceptors (Lipinski definition) is 2. The molecule has 0 aliphatic carbocycles. The molecule has 0 saturated carbocycles. The van der Waals surface area contributed by atoms with E-state index in [-0.39, 0.29) is 0 Å². The van der Waals surface area contributed by atoms with Crippen LogP contribution in [0.2, 0.25) is 0 Å². The molecule has 0 N–H and O–H groups in total. The van der Waals surface area contributed by atoms with Crippen molar-refractivity contribution in [2.24, 2.45) is 0 Å². The third-order valence-electron chi connectivity index (χ3n) is 0.465. The predicted molar refractivity (Wildman–Crippen MR) is 20.8 cm³/mol. The van der Waals surface area contributed by atoms with Crippen molar-refractivity contribution in [2.75, 3.05) is 0 Å². The zero-order valence-electron chi connectivity index (χ0n) is 3.86. The minimum Gasteiger partial charge on any atom is -0.198 e. The van der Waals surface area contributed by atoms with Gasteiger partial charge in [-0.05, 0) is 0 Å². The lowest BCUT2D eigenvalue weighted by Gasteiger charge is -1.96. The van der Waals surface area contributed by atoms with Crippen LogP contribution in [0.1, 0.15) is 6.42 Å². The largest absolute Gasteiger partial charge is 0.344 e. The van der Waals surface area contributed by atoms with E-state index < -0.39 is 12.3 Å². The lowest BCUT2D eigenvalue weighted by atomic mass is 10.3. The molecule has 8 heavy (non-hydrogen) atoms. The summed E-state index contributed by atoms with van der Waals surface area (Å²) in [5, 5.41) is 15.2. The summed E-state index contributed by atoms with van der Waals surface area (Å²) in [6, 6.07) is 1.87. The summed E-state index contributed by atoms with van der Waals surface area (Å²) in [4.78, 5) is 0. The van der Waals surface area contributed by atoms with Gasteiger partial charge in [0.25, 0.3) is 0 Å². The number of hydrogen-bond donors (Lipinski definition) is 0. The second-order valence-corrected chi connectivity index (χ2v) is 1.15. The van der Waals surface area contributed by atoms with E-state index in [9.17, 15) is 8.78 Å². The predicted octanol–water partition coefficient (Wildman–Crippen LogP) is 1.06. The number of nitriles is 2. The van der Waals surface area contributed by atoms with Gasteiger partial charge < -0.3 is 0 Å². The second kappa shape index (κ2) is 2.23. The summed E-state index contributed by atoms with van der Waals surface area (Å²) in [6.45, 7) is 0. The molecule has 0 saturated heterocycles. The average Bonchev–Trinajstić information content (AvgIpc) is 1.67. The molecule has 0 fully saturated rings. The molecule has 0 aliphatic rings. The molecule has 2 nitrogen and oxygen atoms in total. The molecule has 0 rings (SSSR count).